The van der Waals surface area contributed by atoms with Crippen LogP contribution in [0.5, 0.6) is 0 Å². The fourth-order valence-electron chi connectivity index (χ4n) is 1.96. The number of aliphatic imine (C=N–C) groups is 1. The molecule has 0 amide bonds. The predicted molar refractivity (Wildman–Crippen MR) is 91.2 cm³/mol. The second-order valence-corrected chi connectivity index (χ2v) is 6.05. The van der Waals surface area contributed by atoms with Crippen LogP contribution in [-0.2, 0) is 19.5 Å². The van der Waals surface area contributed by atoms with Crippen molar-refractivity contribution in [3.8, 4) is 0 Å². The number of rotatable bonds is 8. The molecule has 22 heavy (non-hydrogen) atoms. The average Bonchev–Trinajstić information content (AvgIpc) is 3.20. The normalized spacial score (nSPS) is 11.6. The summed E-state index contributed by atoms with van der Waals surface area (Å²) >= 11 is 1.74. The summed E-state index contributed by atoms with van der Waals surface area (Å²) < 4.78 is 2.08. The molecule has 6 nitrogen and oxygen atoms in total. The minimum Gasteiger partial charge on any atom is -0.357 e. The summed E-state index contributed by atoms with van der Waals surface area (Å²) in [5.41, 5.74) is 0. The molecule has 0 aliphatic carbocycles. The first-order chi connectivity index (χ1) is 10.8. The van der Waals surface area contributed by atoms with E-state index in [0.29, 0.717) is 6.54 Å². The first kappa shape index (κ1) is 16.5. The summed E-state index contributed by atoms with van der Waals surface area (Å²) in [6.07, 6.45) is 9.63. The molecule has 0 unspecified atom stereocenters. The van der Waals surface area contributed by atoms with Crippen molar-refractivity contribution in [1.82, 2.24) is 25.2 Å². The van der Waals surface area contributed by atoms with Crippen molar-refractivity contribution in [3.05, 3.63) is 34.8 Å². The summed E-state index contributed by atoms with van der Waals surface area (Å²) in [6.45, 7) is 7.53. The summed E-state index contributed by atoms with van der Waals surface area (Å²) in [5, 5.41) is 7.68. The molecule has 2 N–H and O–H groups in total. The van der Waals surface area contributed by atoms with Gasteiger partial charge in [0.05, 0.1) is 12.9 Å². The number of aryl methyl sites for hydroxylation is 2. The zero-order chi connectivity index (χ0) is 15.6. The van der Waals surface area contributed by atoms with Gasteiger partial charge in [0.2, 0.25) is 0 Å². The monoisotopic (exact) mass is 320 g/mol. The first-order valence-electron chi connectivity index (χ1n) is 7.73. The number of hydrogen-bond donors (Lipinski definition) is 2. The van der Waals surface area contributed by atoms with Crippen molar-refractivity contribution in [1.29, 1.82) is 0 Å². The molecule has 0 atom stereocenters. The van der Waals surface area contributed by atoms with Crippen molar-refractivity contribution >= 4 is 17.3 Å². The highest BCUT2D eigenvalue weighted by Crippen LogP contribution is 2.13. The van der Waals surface area contributed by atoms with Gasteiger partial charge in [-0.15, -0.1) is 11.3 Å². The zero-order valence-electron chi connectivity index (χ0n) is 13.2. The van der Waals surface area contributed by atoms with E-state index in [2.05, 4.69) is 44.0 Å². The van der Waals surface area contributed by atoms with Crippen LogP contribution in [0.15, 0.2) is 29.9 Å². The Morgan fingerprint density at radius 3 is 2.95 bits per heavy atom. The highest BCUT2D eigenvalue weighted by Gasteiger charge is 2.01. The van der Waals surface area contributed by atoms with Gasteiger partial charge in [0.1, 0.15) is 5.01 Å². The standard InChI is InChI=1S/C15H24N6S/c1-3-13-10-19-14(22-13)11-20-15(17-4-2)18-6-5-8-21-9-7-16-12-21/h7,9-10,12H,3-6,8,11H2,1-2H3,(H2,17,18,20). The highest BCUT2D eigenvalue weighted by atomic mass is 32.1. The van der Waals surface area contributed by atoms with E-state index in [0.717, 1.165) is 43.4 Å². The lowest BCUT2D eigenvalue weighted by Crippen LogP contribution is -2.38. The van der Waals surface area contributed by atoms with E-state index in [1.165, 1.54) is 4.88 Å². The number of guanidine groups is 1. The second kappa shape index (κ2) is 9.19. The van der Waals surface area contributed by atoms with Crippen molar-refractivity contribution in [3.63, 3.8) is 0 Å². The maximum Gasteiger partial charge on any atom is 0.191 e. The van der Waals surface area contributed by atoms with Gasteiger partial charge in [0.15, 0.2) is 5.96 Å². The van der Waals surface area contributed by atoms with Crippen molar-refractivity contribution in [2.45, 2.75) is 39.8 Å². The van der Waals surface area contributed by atoms with Gasteiger partial charge < -0.3 is 15.2 Å². The molecule has 0 saturated carbocycles. The number of imidazole rings is 1. The van der Waals surface area contributed by atoms with Crippen LogP contribution in [0, 0.1) is 0 Å². The van der Waals surface area contributed by atoms with E-state index in [1.54, 1.807) is 17.5 Å². The molecular formula is C15H24N6S. The summed E-state index contributed by atoms with van der Waals surface area (Å²) in [7, 11) is 0. The quantitative estimate of drug-likeness (QED) is 0.444. The molecule has 2 rings (SSSR count). The lowest BCUT2D eigenvalue weighted by molar-refractivity contribution is 0.624. The Kier molecular flexibility index (Phi) is 6.89. The molecule has 0 saturated heterocycles. The van der Waals surface area contributed by atoms with Crippen molar-refractivity contribution in [2.24, 2.45) is 4.99 Å². The molecule has 0 spiro atoms. The van der Waals surface area contributed by atoms with Crippen LogP contribution < -0.4 is 10.6 Å². The minimum atomic E-state index is 0.627. The van der Waals surface area contributed by atoms with Gasteiger partial charge in [-0.2, -0.15) is 0 Å². The van der Waals surface area contributed by atoms with Gasteiger partial charge in [-0.25, -0.2) is 15.0 Å². The van der Waals surface area contributed by atoms with Crippen LogP contribution in [0.3, 0.4) is 0 Å². The maximum absolute atomic E-state index is 4.59. The van der Waals surface area contributed by atoms with Gasteiger partial charge in [0.25, 0.3) is 0 Å². The molecular weight excluding hydrogens is 296 g/mol. The maximum atomic E-state index is 4.59. The van der Waals surface area contributed by atoms with Crippen molar-refractivity contribution < 1.29 is 0 Å². The van der Waals surface area contributed by atoms with Gasteiger partial charge in [-0.05, 0) is 19.8 Å². The van der Waals surface area contributed by atoms with E-state index in [-0.39, 0.29) is 0 Å². The molecule has 0 bridgehead atoms. The SMILES string of the molecule is CCNC(=NCc1ncc(CC)s1)NCCCn1ccnc1. The fraction of sp³-hybridized carbons (Fsp3) is 0.533. The van der Waals surface area contributed by atoms with E-state index >= 15 is 0 Å². The van der Waals surface area contributed by atoms with E-state index in [1.807, 2.05) is 18.7 Å². The van der Waals surface area contributed by atoms with Gasteiger partial charge in [-0.1, -0.05) is 6.92 Å². The summed E-state index contributed by atoms with van der Waals surface area (Å²) in [4.78, 5) is 14.3. The molecule has 7 heteroatoms. The van der Waals surface area contributed by atoms with E-state index in [9.17, 15) is 0 Å². The lowest BCUT2D eigenvalue weighted by atomic mass is 10.4. The third-order valence-electron chi connectivity index (χ3n) is 3.11. The van der Waals surface area contributed by atoms with E-state index < -0.39 is 0 Å². The number of hydrogen-bond acceptors (Lipinski definition) is 4. The van der Waals surface area contributed by atoms with Gasteiger partial charge >= 0.3 is 0 Å². The molecule has 120 valence electrons. The summed E-state index contributed by atoms with van der Waals surface area (Å²) in [6, 6.07) is 0. The minimum absolute atomic E-state index is 0.627. The Hall–Kier alpha value is -1.89. The Morgan fingerprint density at radius 2 is 2.27 bits per heavy atom. The number of nitrogens with one attached hydrogen (secondary N) is 2. The fourth-order valence-corrected chi connectivity index (χ4v) is 2.75. The molecule has 0 radical (unpaired) electrons. The smallest absolute Gasteiger partial charge is 0.191 e. The van der Waals surface area contributed by atoms with Crippen LogP contribution in [0.1, 0.15) is 30.2 Å². The van der Waals surface area contributed by atoms with E-state index in [4.69, 9.17) is 0 Å². The second-order valence-electron chi connectivity index (χ2n) is 4.85. The van der Waals surface area contributed by atoms with Crippen molar-refractivity contribution in [2.75, 3.05) is 13.1 Å². The number of thiazole rings is 1. The van der Waals surface area contributed by atoms with Crippen LogP contribution in [-0.4, -0.2) is 33.6 Å². The third-order valence-corrected chi connectivity index (χ3v) is 4.24. The number of nitrogens with zero attached hydrogens (tertiary/aromatic N) is 4. The van der Waals surface area contributed by atoms with Crippen LogP contribution >= 0.6 is 11.3 Å². The zero-order valence-corrected chi connectivity index (χ0v) is 14.1. The Balaban J connectivity index is 1.76. The lowest BCUT2D eigenvalue weighted by Gasteiger charge is -2.11. The van der Waals surface area contributed by atoms with Gasteiger partial charge in [-0.3, -0.25) is 0 Å². The topological polar surface area (TPSA) is 67.1 Å². The molecule has 0 aliphatic rings. The molecule has 2 aromatic rings. The first-order valence-corrected chi connectivity index (χ1v) is 8.55. The highest BCUT2D eigenvalue weighted by molar-refractivity contribution is 7.11. The number of aromatic nitrogens is 3. The average molecular weight is 320 g/mol. The van der Waals surface area contributed by atoms with Crippen LogP contribution in [0.4, 0.5) is 0 Å². The Morgan fingerprint density at radius 1 is 1.36 bits per heavy atom. The molecule has 2 heterocycles. The summed E-state index contributed by atoms with van der Waals surface area (Å²) in [5.74, 6) is 0.848. The third kappa shape index (κ3) is 5.48. The van der Waals surface area contributed by atoms with Crippen LogP contribution in [0.25, 0.3) is 0 Å². The molecule has 2 aromatic heterocycles. The molecule has 0 aliphatic heterocycles. The van der Waals surface area contributed by atoms with Crippen LogP contribution in [0.2, 0.25) is 0 Å². The predicted octanol–water partition coefficient (Wildman–Crippen LogP) is 2.05. The molecule has 0 fully saturated rings. The Bertz CT molecular complexity index is 560. The largest absolute Gasteiger partial charge is 0.357 e. The van der Waals surface area contributed by atoms with Gasteiger partial charge in [0, 0.05) is 43.1 Å². The Labute approximate surface area is 135 Å². The molecule has 0 aromatic carbocycles.